The van der Waals surface area contributed by atoms with Crippen molar-refractivity contribution in [2.45, 2.75) is 34.1 Å². The van der Waals surface area contributed by atoms with Crippen LogP contribution in [0.1, 0.15) is 30.5 Å². The van der Waals surface area contributed by atoms with E-state index in [0.717, 1.165) is 34.2 Å². The summed E-state index contributed by atoms with van der Waals surface area (Å²) in [4.78, 5) is 13.9. The molecule has 0 saturated heterocycles. The monoisotopic (exact) mass is 338 g/mol. The van der Waals surface area contributed by atoms with Gasteiger partial charge in [-0.05, 0) is 61.1 Å². The Morgan fingerprint density at radius 1 is 1.16 bits per heavy atom. The minimum absolute atomic E-state index is 0.0858. The van der Waals surface area contributed by atoms with Gasteiger partial charge in [0.15, 0.2) is 0 Å². The van der Waals surface area contributed by atoms with Crippen molar-refractivity contribution in [1.82, 2.24) is 4.98 Å². The van der Waals surface area contributed by atoms with Crippen molar-refractivity contribution in [2.75, 3.05) is 0 Å². The van der Waals surface area contributed by atoms with Crippen molar-refractivity contribution >= 4 is 16.6 Å². The molecule has 0 aliphatic rings. The second-order valence-electron chi connectivity index (χ2n) is 6.89. The van der Waals surface area contributed by atoms with Gasteiger partial charge < -0.3 is 9.72 Å². The third kappa shape index (κ3) is 3.50. The van der Waals surface area contributed by atoms with Gasteiger partial charge in [0, 0.05) is 29.2 Å². The predicted octanol–water partition coefficient (Wildman–Crippen LogP) is 5.68. The summed E-state index contributed by atoms with van der Waals surface area (Å²) in [6.45, 7) is 8.05. The first kappa shape index (κ1) is 17.0. The van der Waals surface area contributed by atoms with Crippen molar-refractivity contribution in [3.63, 3.8) is 0 Å². The number of nitro benzene ring substituents is 1. The minimum Gasteiger partial charge on any atom is -0.457 e. The molecule has 5 nitrogen and oxygen atoms in total. The molecular formula is C20H22N2O3. The molecule has 0 saturated carbocycles. The molecule has 1 N–H and O–H groups in total. The number of fused-ring (bicyclic) bond motifs is 1. The summed E-state index contributed by atoms with van der Waals surface area (Å²) in [6.07, 6.45) is 3.05. The van der Waals surface area contributed by atoms with Gasteiger partial charge in [-0.25, -0.2) is 0 Å². The average Bonchev–Trinajstić information content (AvgIpc) is 2.92. The molecule has 0 bridgehead atoms. The van der Waals surface area contributed by atoms with E-state index in [1.807, 2.05) is 32.0 Å². The number of nitrogens with one attached hydrogen (secondary N) is 1. The fourth-order valence-electron chi connectivity index (χ4n) is 3.14. The molecule has 0 aliphatic heterocycles. The lowest BCUT2D eigenvalue weighted by Gasteiger charge is -2.12. The van der Waals surface area contributed by atoms with Gasteiger partial charge in [-0.3, -0.25) is 10.1 Å². The lowest BCUT2D eigenvalue weighted by Crippen LogP contribution is -1.95. The second-order valence-corrected chi connectivity index (χ2v) is 6.89. The number of H-pyrrole nitrogens is 1. The molecule has 25 heavy (non-hydrogen) atoms. The number of hydrogen-bond acceptors (Lipinski definition) is 3. The Labute approximate surface area is 146 Å². The molecule has 130 valence electrons. The Hall–Kier alpha value is -2.82. The largest absolute Gasteiger partial charge is 0.457 e. The van der Waals surface area contributed by atoms with Crippen LogP contribution in [0.4, 0.5) is 5.69 Å². The summed E-state index contributed by atoms with van der Waals surface area (Å²) in [6, 6.07) is 9.04. The van der Waals surface area contributed by atoms with E-state index in [4.69, 9.17) is 4.74 Å². The van der Waals surface area contributed by atoms with Gasteiger partial charge in [0.2, 0.25) is 0 Å². The SMILES string of the molecule is Cc1cc([N+](=O)[O-])cc(C)c1Oc1ccc2[nH]cc(CC(C)C)c2c1. The number of aromatic amines is 1. The lowest BCUT2D eigenvalue weighted by atomic mass is 10.0. The fourth-order valence-corrected chi connectivity index (χ4v) is 3.14. The van der Waals surface area contributed by atoms with E-state index in [1.165, 1.54) is 5.56 Å². The molecule has 0 unspecified atom stereocenters. The van der Waals surface area contributed by atoms with Gasteiger partial charge in [0.1, 0.15) is 11.5 Å². The van der Waals surface area contributed by atoms with E-state index in [1.54, 1.807) is 12.1 Å². The Morgan fingerprint density at radius 2 is 1.84 bits per heavy atom. The van der Waals surface area contributed by atoms with E-state index in [9.17, 15) is 10.1 Å². The van der Waals surface area contributed by atoms with E-state index in [2.05, 4.69) is 25.0 Å². The standard InChI is InChI=1S/C20H22N2O3/c1-12(2)7-15-11-21-19-6-5-17(10-18(15)19)25-20-13(3)8-16(22(23)24)9-14(20)4/h5-6,8-12,21H,7H2,1-4H3. The molecule has 0 amide bonds. The van der Waals surface area contributed by atoms with E-state index < -0.39 is 0 Å². The summed E-state index contributed by atoms with van der Waals surface area (Å²) >= 11 is 0. The maximum atomic E-state index is 11.0. The smallest absolute Gasteiger partial charge is 0.270 e. The summed E-state index contributed by atoms with van der Waals surface area (Å²) in [5, 5.41) is 12.1. The van der Waals surface area contributed by atoms with E-state index in [-0.39, 0.29) is 10.6 Å². The number of rotatable bonds is 5. The zero-order chi connectivity index (χ0) is 18.1. The van der Waals surface area contributed by atoms with Crippen LogP contribution in [-0.4, -0.2) is 9.91 Å². The molecule has 1 heterocycles. The Bertz CT molecular complexity index is 918. The summed E-state index contributed by atoms with van der Waals surface area (Å²) in [7, 11) is 0. The van der Waals surface area contributed by atoms with Crippen LogP contribution in [0.2, 0.25) is 0 Å². The molecular weight excluding hydrogens is 316 g/mol. The molecule has 3 rings (SSSR count). The number of aryl methyl sites for hydroxylation is 2. The number of hydrogen-bond donors (Lipinski definition) is 1. The van der Waals surface area contributed by atoms with E-state index >= 15 is 0 Å². The average molecular weight is 338 g/mol. The zero-order valence-electron chi connectivity index (χ0n) is 14.9. The zero-order valence-corrected chi connectivity index (χ0v) is 14.9. The predicted molar refractivity (Wildman–Crippen MR) is 99.5 cm³/mol. The number of nitro groups is 1. The lowest BCUT2D eigenvalue weighted by molar-refractivity contribution is -0.385. The van der Waals surface area contributed by atoms with Crippen LogP contribution in [-0.2, 0) is 6.42 Å². The van der Waals surface area contributed by atoms with Crippen LogP contribution in [0.3, 0.4) is 0 Å². The maximum absolute atomic E-state index is 11.0. The van der Waals surface area contributed by atoms with Crippen molar-refractivity contribution in [1.29, 1.82) is 0 Å². The topological polar surface area (TPSA) is 68.2 Å². The summed E-state index contributed by atoms with van der Waals surface area (Å²) in [5.41, 5.74) is 3.95. The second kappa shape index (κ2) is 6.59. The maximum Gasteiger partial charge on any atom is 0.270 e. The van der Waals surface area contributed by atoms with Crippen LogP contribution in [0, 0.1) is 29.9 Å². The quantitative estimate of drug-likeness (QED) is 0.480. The van der Waals surface area contributed by atoms with Gasteiger partial charge in [0.05, 0.1) is 4.92 Å². The highest BCUT2D eigenvalue weighted by Gasteiger charge is 2.14. The van der Waals surface area contributed by atoms with Gasteiger partial charge in [-0.2, -0.15) is 0 Å². The fraction of sp³-hybridized carbons (Fsp3) is 0.300. The molecule has 3 aromatic rings. The van der Waals surface area contributed by atoms with Crippen LogP contribution in [0.25, 0.3) is 10.9 Å². The highest BCUT2D eigenvalue weighted by molar-refractivity contribution is 5.84. The van der Waals surface area contributed by atoms with Crippen LogP contribution in [0.15, 0.2) is 36.5 Å². The number of non-ortho nitro benzene ring substituents is 1. The number of benzene rings is 2. The highest BCUT2D eigenvalue weighted by atomic mass is 16.6. The molecule has 1 aromatic heterocycles. The van der Waals surface area contributed by atoms with E-state index in [0.29, 0.717) is 11.7 Å². The van der Waals surface area contributed by atoms with Crippen molar-refractivity contribution in [3.05, 3.63) is 63.3 Å². The van der Waals surface area contributed by atoms with Gasteiger partial charge in [-0.15, -0.1) is 0 Å². The first-order chi connectivity index (χ1) is 11.8. The molecule has 2 aromatic carbocycles. The summed E-state index contributed by atoms with van der Waals surface area (Å²) < 4.78 is 6.08. The molecule has 0 fully saturated rings. The molecule has 5 heteroatoms. The highest BCUT2D eigenvalue weighted by Crippen LogP contribution is 2.34. The minimum atomic E-state index is -0.381. The van der Waals surface area contributed by atoms with Gasteiger partial charge in [-0.1, -0.05) is 13.8 Å². The Kier molecular flexibility index (Phi) is 4.49. The molecule has 0 spiro atoms. The van der Waals surface area contributed by atoms with Gasteiger partial charge in [0.25, 0.3) is 5.69 Å². The Morgan fingerprint density at radius 3 is 2.44 bits per heavy atom. The summed E-state index contributed by atoms with van der Waals surface area (Å²) in [5.74, 6) is 1.98. The normalized spacial score (nSPS) is 11.2. The van der Waals surface area contributed by atoms with Crippen molar-refractivity contribution < 1.29 is 9.66 Å². The third-order valence-corrected chi connectivity index (χ3v) is 4.24. The van der Waals surface area contributed by atoms with Gasteiger partial charge >= 0.3 is 0 Å². The molecule has 0 radical (unpaired) electrons. The third-order valence-electron chi connectivity index (χ3n) is 4.24. The van der Waals surface area contributed by atoms with Crippen molar-refractivity contribution in [3.8, 4) is 11.5 Å². The van der Waals surface area contributed by atoms with Crippen LogP contribution < -0.4 is 4.74 Å². The first-order valence-corrected chi connectivity index (χ1v) is 8.38. The first-order valence-electron chi connectivity index (χ1n) is 8.38. The molecule has 0 atom stereocenters. The number of aromatic nitrogens is 1. The number of nitrogens with zero attached hydrogens (tertiary/aromatic N) is 1. The number of ether oxygens (including phenoxy) is 1. The molecule has 0 aliphatic carbocycles. The van der Waals surface area contributed by atoms with Crippen LogP contribution in [0.5, 0.6) is 11.5 Å². The van der Waals surface area contributed by atoms with Crippen molar-refractivity contribution in [2.24, 2.45) is 5.92 Å². The Balaban J connectivity index is 1.97. The van der Waals surface area contributed by atoms with Crippen LogP contribution >= 0.6 is 0 Å².